The van der Waals surface area contributed by atoms with Crippen molar-refractivity contribution in [2.75, 3.05) is 13.1 Å². The van der Waals surface area contributed by atoms with Crippen molar-refractivity contribution in [3.63, 3.8) is 0 Å². The van der Waals surface area contributed by atoms with Crippen LogP contribution in [0.1, 0.15) is 15.9 Å². The molecule has 0 aromatic heterocycles. The van der Waals surface area contributed by atoms with Crippen molar-refractivity contribution in [2.24, 2.45) is 5.73 Å². The molecule has 0 heterocycles. The van der Waals surface area contributed by atoms with Gasteiger partial charge in [0.05, 0.1) is 18.0 Å². The van der Waals surface area contributed by atoms with Crippen molar-refractivity contribution in [3.05, 3.63) is 39.4 Å². The van der Waals surface area contributed by atoms with Gasteiger partial charge in [-0.2, -0.15) is 0 Å². The van der Waals surface area contributed by atoms with Gasteiger partial charge in [-0.25, -0.2) is 8.78 Å². The van der Waals surface area contributed by atoms with Crippen LogP contribution in [-0.2, 0) is 0 Å². The molecule has 1 amide bonds. The van der Waals surface area contributed by atoms with E-state index in [1.807, 2.05) is 5.32 Å². The van der Waals surface area contributed by atoms with Gasteiger partial charge in [0, 0.05) is 5.56 Å². The molecule has 3 N–H and O–H groups in total. The fraction of sp³-hybridized carbons (Fsp3) is 0.364. The molecule has 1 aromatic rings. The van der Waals surface area contributed by atoms with E-state index < -0.39 is 35.5 Å². The number of para-hydroxylation sites is 1. The first-order valence-electron chi connectivity index (χ1n) is 5.38. The molecular formula is C11H13F2N3O3. The number of alkyl halides is 2. The summed E-state index contributed by atoms with van der Waals surface area (Å²) in [6.07, 6.45) is 0. The minimum Gasteiger partial charge on any atom is -0.346 e. The van der Waals surface area contributed by atoms with Crippen molar-refractivity contribution in [3.8, 4) is 0 Å². The van der Waals surface area contributed by atoms with E-state index in [2.05, 4.69) is 0 Å². The van der Waals surface area contributed by atoms with Gasteiger partial charge >= 0.3 is 0 Å². The van der Waals surface area contributed by atoms with Gasteiger partial charge in [-0.05, 0) is 13.0 Å². The summed E-state index contributed by atoms with van der Waals surface area (Å²) in [4.78, 5) is 21.8. The number of hydrogen-bond donors (Lipinski definition) is 2. The summed E-state index contributed by atoms with van der Waals surface area (Å²) in [6.45, 7) is -0.417. The van der Waals surface area contributed by atoms with Crippen LogP contribution in [0.15, 0.2) is 18.2 Å². The summed E-state index contributed by atoms with van der Waals surface area (Å²) in [6, 6.07) is 4.11. The number of carbonyl (C=O) groups is 1. The SMILES string of the molecule is Cc1cccc(C(=O)NCC(F)(F)CN)c1[N+](=O)[O-]. The minimum absolute atomic E-state index is 0.252. The van der Waals surface area contributed by atoms with Gasteiger partial charge in [0.25, 0.3) is 17.5 Å². The van der Waals surface area contributed by atoms with Gasteiger partial charge in [-0.15, -0.1) is 0 Å². The highest BCUT2D eigenvalue weighted by Gasteiger charge is 2.29. The highest BCUT2D eigenvalue weighted by atomic mass is 19.3. The van der Waals surface area contributed by atoms with E-state index in [1.54, 1.807) is 0 Å². The van der Waals surface area contributed by atoms with Crippen molar-refractivity contribution in [1.29, 1.82) is 0 Å². The number of halogens is 2. The number of benzene rings is 1. The average molecular weight is 273 g/mol. The molecule has 0 fully saturated rings. The first kappa shape index (κ1) is 15.0. The highest BCUT2D eigenvalue weighted by molar-refractivity contribution is 5.98. The maximum absolute atomic E-state index is 12.9. The van der Waals surface area contributed by atoms with Crippen molar-refractivity contribution in [2.45, 2.75) is 12.8 Å². The number of nitrogens with two attached hydrogens (primary N) is 1. The number of nitro groups is 1. The Kier molecular flexibility index (Phi) is 4.49. The fourth-order valence-corrected chi connectivity index (χ4v) is 1.46. The topological polar surface area (TPSA) is 98.3 Å². The van der Waals surface area contributed by atoms with Crippen molar-refractivity contribution >= 4 is 11.6 Å². The molecule has 0 spiro atoms. The molecule has 6 nitrogen and oxygen atoms in total. The van der Waals surface area contributed by atoms with Crippen LogP contribution in [0.25, 0.3) is 0 Å². The van der Waals surface area contributed by atoms with Gasteiger partial charge < -0.3 is 11.1 Å². The molecule has 0 atom stereocenters. The molecule has 0 radical (unpaired) electrons. The molecule has 0 aliphatic rings. The molecule has 1 rings (SSSR count). The fourth-order valence-electron chi connectivity index (χ4n) is 1.46. The van der Waals surface area contributed by atoms with E-state index in [4.69, 9.17) is 5.73 Å². The maximum Gasteiger partial charge on any atom is 0.285 e. The monoisotopic (exact) mass is 273 g/mol. The lowest BCUT2D eigenvalue weighted by Gasteiger charge is -2.14. The van der Waals surface area contributed by atoms with E-state index in [1.165, 1.54) is 25.1 Å². The Morgan fingerprint density at radius 1 is 1.53 bits per heavy atom. The lowest BCUT2D eigenvalue weighted by atomic mass is 10.1. The van der Waals surface area contributed by atoms with Crippen LogP contribution in [0, 0.1) is 17.0 Å². The van der Waals surface area contributed by atoms with Gasteiger partial charge in [0.15, 0.2) is 0 Å². The van der Waals surface area contributed by atoms with E-state index in [9.17, 15) is 23.7 Å². The van der Waals surface area contributed by atoms with Crippen LogP contribution in [0.3, 0.4) is 0 Å². The van der Waals surface area contributed by atoms with Crippen LogP contribution in [0.4, 0.5) is 14.5 Å². The molecule has 8 heteroatoms. The molecule has 0 aliphatic carbocycles. The molecule has 0 aliphatic heterocycles. The molecule has 19 heavy (non-hydrogen) atoms. The minimum atomic E-state index is -3.24. The lowest BCUT2D eigenvalue weighted by Crippen LogP contribution is -2.41. The van der Waals surface area contributed by atoms with Crippen molar-refractivity contribution in [1.82, 2.24) is 5.32 Å². The van der Waals surface area contributed by atoms with Crippen LogP contribution in [0.2, 0.25) is 0 Å². The number of hydrogen-bond acceptors (Lipinski definition) is 4. The third-order valence-corrected chi connectivity index (χ3v) is 2.47. The Morgan fingerprint density at radius 3 is 2.68 bits per heavy atom. The largest absolute Gasteiger partial charge is 0.346 e. The number of nitrogens with zero attached hydrogens (tertiary/aromatic N) is 1. The van der Waals surface area contributed by atoms with Crippen LogP contribution in [0.5, 0.6) is 0 Å². The molecule has 104 valence electrons. The van der Waals surface area contributed by atoms with Crippen molar-refractivity contribution < 1.29 is 18.5 Å². The number of nitro benzene ring substituents is 1. The molecule has 0 bridgehead atoms. The van der Waals surface area contributed by atoms with Crippen LogP contribution < -0.4 is 11.1 Å². The second-order valence-electron chi connectivity index (χ2n) is 3.97. The second-order valence-corrected chi connectivity index (χ2v) is 3.97. The van der Waals surface area contributed by atoms with Gasteiger partial charge in [0.2, 0.25) is 0 Å². The standard InChI is InChI=1S/C11H13F2N3O3/c1-7-3-2-4-8(9(7)16(18)19)10(17)15-6-11(12,13)5-14/h2-4H,5-6,14H2,1H3,(H,15,17). The predicted molar refractivity (Wildman–Crippen MR) is 64.2 cm³/mol. The Balaban J connectivity index is 2.95. The highest BCUT2D eigenvalue weighted by Crippen LogP contribution is 2.23. The number of amides is 1. The van der Waals surface area contributed by atoms with Crippen LogP contribution in [-0.4, -0.2) is 29.8 Å². The summed E-state index contributed by atoms with van der Waals surface area (Å²) in [5.41, 5.74) is 4.46. The zero-order valence-corrected chi connectivity index (χ0v) is 10.2. The zero-order valence-electron chi connectivity index (χ0n) is 10.2. The summed E-state index contributed by atoms with van der Waals surface area (Å²) < 4.78 is 25.8. The van der Waals surface area contributed by atoms with E-state index in [0.29, 0.717) is 0 Å². The first-order chi connectivity index (χ1) is 8.78. The number of aryl methyl sites for hydroxylation is 1. The van der Waals surface area contributed by atoms with Gasteiger partial charge in [-0.3, -0.25) is 14.9 Å². The number of nitrogens with one attached hydrogen (secondary N) is 1. The summed E-state index contributed by atoms with van der Waals surface area (Å²) in [7, 11) is 0. The third-order valence-electron chi connectivity index (χ3n) is 2.47. The third kappa shape index (κ3) is 3.68. The normalized spacial score (nSPS) is 11.2. The van der Waals surface area contributed by atoms with Crippen LogP contribution >= 0.6 is 0 Å². The Bertz CT molecular complexity index is 506. The van der Waals surface area contributed by atoms with E-state index >= 15 is 0 Å². The number of carbonyl (C=O) groups excluding carboxylic acids is 1. The molecule has 0 saturated heterocycles. The summed E-state index contributed by atoms with van der Waals surface area (Å²) >= 11 is 0. The summed E-state index contributed by atoms with van der Waals surface area (Å²) in [5.74, 6) is -4.17. The molecule has 0 unspecified atom stereocenters. The molecule has 0 saturated carbocycles. The second kappa shape index (κ2) is 5.70. The smallest absolute Gasteiger partial charge is 0.285 e. The number of rotatable bonds is 5. The van der Waals surface area contributed by atoms with E-state index in [0.717, 1.165) is 0 Å². The Morgan fingerprint density at radius 2 is 2.16 bits per heavy atom. The van der Waals surface area contributed by atoms with Gasteiger partial charge in [-0.1, -0.05) is 12.1 Å². The lowest BCUT2D eigenvalue weighted by molar-refractivity contribution is -0.385. The van der Waals surface area contributed by atoms with Gasteiger partial charge in [0.1, 0.15) is 5.56 Å². The predicted octanol–water partition coefficient (Wildman–Crippen LogP) is 1.23. The molecule has 1 aromatic carbocycles. The Hall–Kier alpha value is -2.09. The Labute approximate surface area is 107 Å². The zero-order chi connectivity index (χ0) is 14.6. The molecular weight excluding hydrogens is 260 g/mol. The first-order valence-corrected chi connectivity index (χ1v) is 5.38. The maximum atomic E-state index is 12.9. The summed E-state index contributed by atoms with van der Waals surface area (Å²) in [5, 5.41) is 12.8. The van der Waals surface area contributed by atoms with E-state index in [-0.39, 0.29) is 11.1 Å². The quantitative estimate of drug-likeness (QED) is 0.622. The average Bonchev–Trinajstić information content (AvgIpc) is 2.35.